The van der Waals surface area contributed by atoms with Gasteiger partial charge < -0.3 is 0 Å². The van der Waals surface area contributed by atoms with Crippen LogP contribution in [0.2, 0.25) is 5.15 Å². The maximum Gasteiger partial charge on any atom is 0.259 e. The molecule has 0 unspecified atom stereocenters. The minimum absolute atomic E-state index is 0.172. The third-order valence-electron chi connectivity index (χ3n) is 2.10. The molecule has 86 valence electrons. The average Bonchev–Trinajstić information content (AvgIpc) is 2.29. The van der Waals surface area contributed by atoms with Crippen LogP contribution in [0.4, 0.5) is 5.95 Å². The van der Waals surface area contributed by atoms with Gasteiger partial charge in [-0.2, -0.15) is 0 Å². The summed E-state index contributed by atoms with van der Waals surface area (Å²) in [5.41, 5.74) is 1.13. The molecule has 1 N–H and O–H groups in total. The largest absolute Gasteiger partial charge is 0.290 e. The van der Waals surface area contributed by atoms with Crippen LogP contribution in [0.5, 0.6) is 0 Å². The van der Waals surface area contributed by atoms with Gasteiger partial charge in [0.25, 0.3) is 5.91 Å². The number of amides is 1. The maximum absolute atomic E-state index is 11.9. The third-order valence-corrected chi connectivity index (χ3v) is 2.31. The summed E-state index contributed by atoms with van der Waals surface area (Å²) in [7, 11) is 0. The van der Waals surface area contributed by atoms with Crippen molar-refractivity contribution in [3.8, 4) is 0 Å². The molecule has 0 aliphatic rings. The van der Waals surface area contributed by atoms with Crippen LogP contribution in [-0.4, -0.2) is 20.9 Å². The van der Waals surface area contributed by atoms with Crippen LogP contribution in [0.3, 0.4) is 0 Å². The highest BCUT2D eigenvalue weighted by atomic mass is 35.5. The van der Waals surface area contributed by atoms with Crippen LogP contribution in [0.15, 0.2) is 30.6 Å². The topological polar surface area (TPSA) is 67.8 Å². The lowest BCUT2D eigenvalue weighted by atomic mass is 10.2. The Morgan fingerprint density at radius 1 is 1.29 bits per heavy atom. The molecule has 5 nitrogen and oxygen atoms in total. The van der Waals surface area contributed by atoms with Gasteiger partial charge >= 0.3 is 0 Å². The maximum atomic E-state index is 11.9. The second-order valence-electron chi connectivity index (χ2n) is 3.29. The molecule has 0 saturated heterocycles. The number of nitrogens with zero attached hydrogens (tertiary/aromatic N) is 3. The van der Waals surface area contributed by atoms with Crippen molar-refractivity contribution < 1.29 is 4.79 Å². The lowest BCUT2D eigenvalue weighted by Crippen LogP contribution is -2.15. The monoisotopic (exact) mass is 248 g/mol. The molecule has 0 fully saturated rings. The van der Waals surface area contributed by atoms with Gasteiger partial charge in [0, 0.05) is 18.1 Å². The molecule has 2 aromatic heterocycles. The molecule has 6 heteroatoms. The number of nitrogens with one attached hydrogen (secondary N) is 1. The molecule has 0 saturated carbocycles. The second kappa shape index (κ2) is 4.88. The molecule has 0 radical (unpaired) electrons. The average molecular weight is 249 g/mol. The Balaban J connectivity index is 2.20. The van der Waals surface area contributed by atoms with Crippen molar-refractivity contribution in [3.05, 3.63) is 47.0 Å². The molecule has 0 atom stereocenters. The molecule has 0 aromatic carbocycles. The van der Waals surface area contributed by atoms with Crippen LogP contribution in [0.25, 0.3) is 0 Å². The summed E-state index contributed by atoms with van der Waals surface area (Å²) in [6.45, 7) is 1.76. The van der Waals surface area contributed by atoms with E-state index in [1.54, 1.807) is 25.3 Å². The molecule has 0 aliphatic carbocycles. The number of hydrogen-bond donors (Lipinski definition) is 1. The molecule has 2 aromatic rings. The molecule has 17 heavy (non-hydrogen) atoms. The fourth-order valence-electron chi connectivity index (χ4n) is 1.29. The Bertz CT molecular complexity index is 559. The molecule has 1 amide bonds. The lowest BCUT2D eigenvalue weighted by molar-refractivity contribution is 0.102. The molecule has 0 spiro atoms. The van der Waals surface area contributed by atoms with Gasteiger partial charge in [-0.05, 0) is 25.1 Å². The number of anilines is 1. The quantitative estimate of drug-likeness (QED) is 0.827. The van der Waals surface area contributed by atoms with E-state index in [2.05, 4.69) is 20.3 Å². The van der Waals surface area contributed by atoms with Gasteiger partial charge in [0.2, 0.25) is 5.95 Å². The molecule has 2 heterocycles. The van der Waals surface area contributed by atoms with E-state index >= 15 is 0 Å². The number of hydrogen-bond acceptors (Lipinski definition) is 4. The fraction of sp³-hybridized carbons (Fsp3) is 0.0909. The lowest BCUT2D eigenvalue weighted by Gasteiger charge is -2.05. The Morgan fingerprint density at radius 3 is 2.82 bits per heavy atom. The first-order chi connectivity index (χ1) is 8.16. The Labute approximate surface area is 103 Å². The van der Waals surface area contributed by atoms with Crippen molar-refractivity contribution in [2.45, 2.75) is 6.92 Å². The van der Waals surface area contributed by atoms with E-state index in [1.807, 2.05) is 0 Å². The van der Waals surface area contributed by atoms with E-state index < -0.39 is 0 Å². The minimum Gasteiger partial charge on any atom is -0.290 e. The predicted octanol–water partition coefficient (Wildman–Crippen LogP) is 2.09. The number of pyridine rings is 1. The van der Waals surface area contributed by atoms with Crippen LogP contribution in [-0.2, 0) is 0 Å². The van der Waals surface area contributed by atoms with Crippen molar-refractivity contribution >= 4 is 23.5 Å². The van der Waals surface area contributed by atoms with Crippen molar-refractivity contribution in [1.29, 1.82) is 0 Å². The summed E-state index contributed by atoms with van der Waals surface area (Å²) in [4.78, 5) is 23.7. The molecule has 0 aliphatic heterocycles. The highest BCUT2D eigenvalue weighted by Gasteiger charge is 2.10. The van der Waals surface area contributed by atoms with Gasteiger partial charge in [-0.1, -0.05) is 11.6 Å². The van der Waals surface area contributed by atoms with E-state index in [1.165, 1.54) is 12.3 Å². The fourth-order valence-corrected chi connectivity index (χ4v) is 1.43. The van der Waals surface area contributed by atoms with Crippen LogP contribution in [0, 0.1) is 6.92 Å². The van der Waals surface area contributed by atoms with E-state index in [9.17, 15) is 4.79 Å². The summed E-state index contributed by atoms with van der Waals surface area (Å²) >= 11 is 5.69. The predicted molar refractivity (Wildman–Crippen MR) is 64.0 cm³/mol. The molecule has 0 bridgehead atoms. The first-order valence-electron chi connectivity index (χ1n) is 4.88. The normalized spacial score (nSPS) is 10.0. The Hall–Kier alpha value is -2.01. The summed E-state index contributed by atoms with van der Waals surface area (Å²) in [5, 5.41) is 2.83. The summed E-state index contributed by atoms with van der Waals surface area (Å²) in [5.74, 6) is -0.136. The summed E-state index contributed by atoms with van der Waals surface area (Å²) in [6, 6.07) is 4.91. The van der Waals surface area contributed by atoms with Gasteiger partial charge in [0.05, 0.1) is 5.56 Å². The number of halogens is 1. The van der Waals surface area contributed by atoms with Gasteiger partial charge in [-0.15, -0.1) is 0 Å². The highest BCUT2D eigenvalue weighted by molar-refractivity contribution is 6.29. The molecular formula is C11H9ClN4O. The minimum atomic E-state index is -0.308. The zero-order chi connectivity index (χ0) is 12.3. The van der Waals surface area contributed by atoms with Crippen molar-refractivity contribution in [2.24, 2.45) is 0 Å². The van der Waals surface area contributed by atoms with Crippen LogP contribution in [0.1, 0.15) is 16.1 Å². The van der Waals surface area contributed by atoms with E-state index in [0.29, 0.717) is 11.3 Å². The number of carbonyl (C=O) groups excluding carboxylic acids is 1. The highest BCUT2D eigenvalue weighted by Crippen LogP contribution is 2.09. The second-order valence-corrected chi connectivity index (χ2v) is 3.68. The van der Waals surface area contributed by atoms with Crippen LogP contribution < -0.4 is 5.32 Å². The van der Waals surface area contributed by atoms with Crippen LogP contribution >= 0.6 is 11.6 Å². The smallest absolute Gasteiger partial charge is 0.259 e. The summed E-state index contributed by atoms with van der Waals surface area (Å²) in [6.07, 6.45) is 3.10. The van der Waals surface area contributed by atoms with E-state index in [4.69, 9.17) is 11.6 Å². The van der Waals surface area contributed by atoms with Crippen molar-refractivity contribution in [1.82, 2.24) is 15.0 Å². The number of rotatable bonds is 2. The van der Waals surface area contributed by atoms with Gasteiger partial charge in [-0.25, -0.2) is 9.97 Å². The summed E-state index contributed by atoms with van der Waals surface area (Å²) < 4.78 is 0. The Kier molecular flexibility index (Phi) is 3.30. The SMILES string of the molecule is Cc1ncccc1C(=O)Nc1nccc(Cl)n1. The number of carbonyl (C=O) groups is 1. The number of aromatic nitrogens is 3. The first-order valence-corrected chi connectivity index (χ1v) is 5.26. The van der Waals surface area contributed by atoms with E-state index in [-0.39, 0.29) is 17.0 Å². The standard InChI is InChI=1S/C11H9ClN4O/c1-7-8(3-2-5-13-7)10(17)16-11-14-6-4-9(12)15-11/h2-6H,1H3,(H,14,15,16,17). The number of aryl methyl sites for hydroxylation is 1. The van der Waals surface area contributed by atoms with E-state index in [0.717, 1.165) is 0 Å². The van der Waals surface area contributed by atoms with Gasteiger partial charge in [0.15, 0.2) is 0 Å². The van der Waals surface area contributed by atoms with Gasteiger partial charge in [-0.3, -0.25) is 15.1 Å². The van der Waals surface area contributed by atoms with Crippen molar-refractivity contribution in [3.63, 3.8) is 0 Å². The third kappa shape index (κ3) is 2.76. The zero-order valence-corrected chi connectivity index (χ0v) is 9.77. The first kappa shape index (κ1) is 11.5. The zero-order valence-electron chi connectivity index (χ0n) is 9.01. The molecule has 2 rings (SSSR count). The van der Waals surface area contributed by atoms with Gasteiger partial charge in [0.1, 0.15) is 5.15 Å². The Morgan fingerprint density at radius 2 is 2.12 bits per heavy atom. The van der Waals surface area contributed by atoms with Crippen molar-refractivity contribution in [2.75, 3.05) is 5.32 Å². The molecular weight excluding hydrogens is 240 g/mol.